The number of nitrogens with zero attached hydrogens (tertiary/aromatic N) is 5. The first-order valence-electron chi connectivity index (χ1n) is 13.1. The molecule has 0 aliphatic carbocycles. The van der Waals surface area contributed by atoms with Gasteiger partial charge in [0.25, 0.3) is 0 Å². The van der Waals surface area contributed by atoms with Gasteiger partial charge < -0.3 is 9.47 Å². The topological polar surface area (TPSA) is 61.7 Å². The summed E-state index contributed by atoms with van der Waals surface area (Å²) in [6.45, 7) is 13.6. The van der Waals surface area contributed by atoms with Crippen molar-refractivity contribution in [1.29, 1.82) is 0 Å². The van der Waals surface area contributed by atoms with Crippen molar-refractivity contribution in [3.05, 3.63) is 66.0 Å². The van der Waals surface area contributed by atoms with Crippen LogP contribution in [0.1, 0.15) is 50.3 Å². The van der Waals surface area contributed by atoms with E-state index in [1.807, 2.05) is 53.4 Å². The van der Waals surface area contributed by atoms with Crippen molar-refractivity contribution in [1.82, 2.24) is 24.3 Å². The Bertz CT molecular complexity index is 1150. The molecule has 7 heteroatoms. The van der Waals surface area contributed by atoms with Gasteiger partial charge in [-0.2, -0.15) is 0 Å². The molecule has 4 rings (SSSR count). The van der Waals surface area contributed by atoms with Gasteiger partial charge in [-0.3, -0.25) is 19.4 Å². The molecule has 36 heavy (non-hydrogen) atoms. The van der Waals surface area contributed by atoms with Crippen LogP contribution in [0.25, 0.3) is 11.0 Å². The third kappa shape index (κ3) is 6.20. The highest BCUT2D eigenvalue weighted by atomic mass is 16.2. The molecule has 1 aliphatic heterocycles. The van der Waals surface area contributed by atoms with Crippen LogP contribution in [0.5, 0.6) is 0 Å². The third-order valence-corrected chi connectivity index (χ3v) is 6.98. The number of carbonyl (C=O) groups excluding carboxylic acids is 2. The number of rotatable bonds is 10. The molecule has 0 radical (unpaired) electrons. The molecule has 1 fully saturated rings. The number of amides is 1. The molecule has 1 aromatic heterocycles. The maximum absolute atomic E-state index is 12.9. The summed E-state index contributed by atoms with van der Waals surface area (Å²) in [5.41, 5.74) is 2.79. The van der Waals surface area contributed by atoms with E-state index >= 15 is 0 Å². The van der Waals surface area contributed by atoms with Crippen LogP contribution >= 0.6 is 0 Å². The number of Topliss-reactive ketones (excluding diaryl/α,β-unsaturated/α-hetero) is 1. The van der Waals surface area contributed by atoms with E-state index in [2.05, 4.69) is 48.1 Å². The van der Waals surface area contributed by atoms with Crippen LogP contribution in [-0.2, 0) is 17.9 Å². The molecular formula is C29H39N5O2. The van der Waals surface area contributed by atoms with E-state index in [-0.39, 0.29) is 23.8 Å². The third-order valence-electron chi connectivity index (χ3n) is 6.98. The number of imidazole rings is 1. The summed E-state index contributed by atoms with van der Waals surface area (Å²) in [6, 6.07) is 18.1. The van der Waals surface area contributed by atoms with E-state index in [0.29, 0.717) is 19.5 Å². The number of ketones is 1. The summed E-state index contributed by atoms with van der Waals surface area (Å²) in [6.07, 6.45) is 0.440. The van der Waals surface area contributed by atoms with Gasteiger partial charge in [-0.25, -0.2) is 4.98 Å². The maximum Gasteiger partial charge on any atom is 0.237 e. The Hall–Kier alpha value is -3.03. The molecular weight excluding hydrogens is 450 g/mol. The van der Waals surface area contributed by atoms with E-state index in [9.17, 15) is 9.59 Å². The van der Waals surface area contributed by atoms with Gasteiger partial charge in [0.2, 0.25) is 5.91 Å². The number of aromatic nitrogens is 2. The number of hydrogen-bond donors (Lipinski definition) is 0. The second kappa shape index (κ2) is 11.8. The molecule has 192 valence electrons. The Balaban J connectivity index is 1.39. The number of benzene rings is 2. The minimum Gasteiger partial charge on any atom is -0.337 e. The van der Waals surface area contributed by atoms with Crippen LogP contribution in [0.3, 0.4) is 0 Å². The van der Waals surface area contributed by atoms with Crippen LogP contribution in [0.2, 0.25) is 0 Å². The van der Waals surface area contributed by atoms with Gasteiger partial charge in [0, 0.05) is 56.8 Å². The Kier molecular flexibility index (Phi) is 8.54. The normalized spacial score (nSPS) is 15.2. The highest BCUT2D eigenvalue weighted by molar-refractivity contribution is 5.96. The van der Waals surface area contributed by atoms with Crippen LogP contribution in [0.15, 0.2) is 54.6 Å². The predicted octanol–water partition coefficient (Wildman–Crippen LogP) is 4.07. The lowest BCUT2D eigenvalue weighted by atomic mass is 10.1. The molecule has 0 unspecified atom stereocenters. The van der Waals surface area contributed by atoms with Crippen LogP contribution in [0.4, 0.5) is 0 Å². The summed E-state index contributed by atoms with van der Waals surface area (Å²) in [5, 5.41) is 0. The average molecular weight is 490 g/mol. The zero-order chi connectivity index (χ0) is 25.7. The van der Waals surface area contributed by atoms with Gasteiger partial charge >= 0.3 is 0 Å². The summed E-state index contributed by atoms with van der Waals surface area (Å²) in [4.78, 5) is 37.2. The molecule has 0 spiro atoms. The van der Waals surface area contributed by atoms with E-state index in [1.165, 1.54) is 0 Å². The first-order valence-corrected chi connectivity index (χ1v) is 13.1. The van der Waals surface area contributed by atoms with Gasteiger partial charge in [0.15, 0.2) is 5.78 Å². The zero-order valence-electron chi connectivity index (χ0n) is 22.1. The lowest BCUT2D eigenvalue weighted by molar-refractivity contribution is -0.136. The Morgan fingerprint density at radius 1 is 0.861 bits per heavy atom. The summed E-state index contributed by atoms with van der Waals surface area (Å²) < 4.78 is 2.20. The second-order valence-corrected chi connectivity index (χ2v) is 10.2. The Morgan fingerprint density at radius 2 is 1.47 bits per heavy atom. The minimum atomic E-state index is 0.148. The maximum atomic E-state index is 12.9. The van der Waals surface area contributed by atoms with Crippen molar-refractivity contribution in [2.24, 2.45) is 0 Å². The van der Waals surface area contributed by atoms with Crippen molar-refractivity contribution in [3.8, 4) is 0 Å². The lowest BCUT2D eigenvalue weighted by Crippen LogP contribution is -2.52. The van der Waals surface area contributed by atoms with Crippen molar-refractivity contribution >= 4 is 22.7 Å². The summed E-state index contributed by atoms with van der Waals surface area (Å²) in [5.74, 6) is 1.35. The first kappa shape index (κ1) is 26.0. The van der Waals surface area contributed by atoms with Gasteiger partial charge in [0.05, 0.1) is 24.1 Å². The molecule has 7 nitrogen and oxygen atoms in total. The number of carbonyl (C=O) groups is 2. The molecule has 3 aromatic rings. The molecule has 1 aliphatic rings. The first-order chi connectivity index (χ1) is 17.3. The minimum absolute atomic E-state index is 0.148. The van der Waals surface area contributed by atoms with Crippen molar-refractivity contribution in [3.63, 3.8) is 0 Å². The predicted molar refractivity (Wildman–Crippen MR) is 144 cm³/mol. The molecule has 2 aromatic carbocycles. The standard InChI is InChI=1S/C29H39N5O2/c1-22(2)34(23(3)4)29(36)21-32-18-16-31(17-19-32)20-28-30-25-12-8-9-13-26(25)33(28)15-14-27(35)24-10-6-5-7-11-24/h5-13,22-23H,14-21H2,1-4H3. The van der Waals surface area contributed by atoms with Crippen LogP contribution in [0, 0.1) is 0 Å². The number of piperazine rings is 1. The molecule has 1 saturated heterocycles. The fourth-order valence-corrected chi connectivity index (χ4v) is 5.23. The Morgan fingerprint density at radius 3 is 2.14 bits per heavy atom. The van der Waals surface area contributed by atoms with Gasteiger partial charge in [-0.05, 0) is 39.8 Å². The lowest BCUT2D eigenvalue weighted by Gasteiger charge is -2.37. The summed E-state index contributed by atoms with van der Waals surface area (Å²) >= 11 is 0. The smallest absolute Gasteiger partial charge is 0.237 e. The van der Waals surface area contributed by atoms with Gasteiger partial charge in [0.1, 0.15) is 5.82 Å². The van der Waals surface area contributed by atoms with E-state index in [0.717, 1.165) is 55.1 Å². The van der Waals surface area contributed by atoms with Gasteiger partial charge in [-0.15, -0.1) is 0 Å². The van der Waals surface area contributed by atoms with Crippen molar-refractivity contribution in [2.45, 2.75) is 59.3 Å². The number of aryl methyl sites for hydroxylation is 1. The second-order valence-electron chi connectivity index (χ2n) is 10.2. The molecule has 2 heterocycles. The highest BCUT2D eigenvalue weighted by Crippen LogP contribution is 2.19. The van der Waals surface area contributed by atoms with Crippen LogP contribution in [-0.4, -0.2) is 80.7 Å². The largest absolute Gasteiger partial charge is 0.337 e. The molecule has 0 bridgehead atoms. The quantitative estimate of drug-likeness (QED) is 0.402. The zero-order valence-corrected chi connectivity index (χ0v) is 22.1. The number of para-hydroxylation sites is 2. The van der Waals surface area contributed by atoms with E-state index < -0.39 is 0 Å². The monoisotopic (exact) mass is 489 g/mol. The van der Waals surface area contributed by atoms with Crippen molar-refractivity contribution < 1.29 is 9.59 Å². The summed E-state index contributed by atoms with van der Waals surface area (Å²) in [7, 11) is 0. The highest BCUT2D eigenvalue weighted by Gasteiger charge is 2.25. The van der Waals surface area contributed by atoms with E-state index in [4.69, 9.17) is 4.98 Å². The Labute approximate surface area is 214 Å². The fraction of sp³-hybridized carbons (Fsp3) is 0.483. The number of hydrogen-bond acceptors (Lipinski definition) is 5. The van der Waals surface area contributed by atoms with Gasteiger partial charge in [-0.1, -0.05) is 42.5 Å². The fourth-order valence-electron chi connectivity index (χ4n) is 5.23. The van der Waals surface area contributed by atoms with E-state index in [1.54, 1.807) is 0 Å². The molecule has 0 saturated carbocycles. The molecule has 0 N–H and O–H groups in total. The number of fused-ring (bicyclic) bond motifs is 1. The average Bonchev–Trinajstić information content (AvgIpc) is 3.20. The van der Waals surface area contributed by atoms with Crippen LogP contribution < -0.4 is 0 Å². The van der Waals surface area contributed by atoms with Crippen molar-refractivity contribution in [2.75, 3.05) is 32.7 Å². The molecule has 0 atom stereocenters. The molecule has 1 amide bonds. The SMILES string of the molecule is CC(C)N(C(=O)CN1CCN(Cc2nc3ccccc3n2CCC(=O)c2ccccc2)CC1)C(C)C.